The summed E-state index contributed by atoms with van der Waals surface area (Å²) in [5, 5.41) is 14.3. The van der Waals surface area contributed by atoms with Crippen LogP contribution in [0.25, 0.3) is 0 Å². The first-order valence-corrected chi connectivity index (χ1v) is 5.94. The lowest BCUT2D eigenvalue weighted by molar-refractivity contribution is 0.0382. The minimum atomic E-state index is -0.491. The molecular weight excluding hydrogens is 236 g/mol. The van der Waals surface area contributed by atoms with Gasteiger partial charge in [0.2, 0.25) is 0 Å². The van der Waals surface area contributed by atoms with E-state index in [0.717, 1.165) is 0 Å². The van der Waals surface area contributed by atoms with Gasteiger partial charge in [0.1, 0.15) is 5.60 Å². The fourth-order valence-electron chi connectivity index (χ4n) is 1.67. The number of nitrogens with zero attached hydrogens (tertiary/aromatic N) is 2. The molecule has 1 heterocycles. The number of alkyl carbamates (subject to hydrolysis) is 1. The van der Waals surface area contributed by atoms with Gasteiger partial charge in [0.25, 0.3) is 0 Å². The molecule has 1 atom stereocenters. The summed E-state index contributed by atoms with van der Waals surface area (Å²) in [5.74, 6) is 0.172. The summed E-state index contributed by atoms with van der Waals surface area (Å²) in [6, 6.07) is -0.0829. The number of rotatable bonds is 3. The van der Waals surface area contributed by atoms with E-state index in [1.54, 1.807) is 0 Å². The van der Waals surface area contributed by atoms with Gasteiger partial charge in [-0.05, 0) is 27.7 Å². The van der Waals surface area contributed by atoms with Gasteiger partial charge in [0.05, 0.1) is 12.1 Å². The lowest BCUT2D eigenvalue weighted by Gasteiger charge is -2.42. The van der Waals surface area contributed by atoms with Crippen molar-refractivity contribution in [1.29, 1.82) is 0 Å². The molecule has 1 rings (SSSR count). The number of carbonyl (C=O) groups excluding carboxylic acids is 1. The first-order chi connectivity index (χ1) is 8.23. The van der Waals surface area contributed by atoms with Gasteiger partial charge in [0, 0.05) is 13.1 Å². The number of nitrogens with one attached hydrogen (secondary N) is 1. The van der Waals surface area contributed by atoms with Gasteiger partial charge in [-0.25, -0.2) is 4.79 Å². The van der Waals surface area contributed by atoms with Crippen molar-refractivity contribution in [3.05, 3.63) is 0 Å². The topological polar surface area (TPSA) is 100 Å². The van der Waals surface area contributed by atoms with Crippen LogP contribution in [0.5, 0.6) is 0 Å². The van der Waals surface area contributed by atoms with Crippen LogP contribution in [0.15, 0.2) is 5.16 Å². The van der Waals surface area contributed by atoms with E-state index in [9.17, 15) is 4.79 Å². The molecule has 18 heavy (non-hydrogen) atoms. The van der Waals surface area contributed by atoms with Crippen LogP contribution < -0.4 is 11.1 Å². The van der Waals surface area contributed by atoms with Crippen molar-refractivity contribution in [1.82, 2.24) is 10.2 Å². The van der Waals surface area contributed by atoms with Crippen LogP contribution >= 0.6 is 0 Å². The molecule has 7 nitrogen and oxygen atoms in total. The number of amides is 1. The Kier molecular flexibility index (Phi) is 4.39. The average molecular weight is 258 g/mol. The van der Waals surface area contributed by atoms with E-state index in [1.807, 2.05) is 32.6 Å². The number of ether oxygens (including phenoxy) is 1. The number of likely N-dealkylation sites (tertiary alicyclic amines) is 1. The van der Waals surface area contributed by atoms with E-state index < -0.39 is 11.7 Å². The highest BCUT2D eigenvalue weighted by molar-refractivity contribution is 5.84. The molecule has 4 N–H and O–H groups in total. The van der Waals surface area contributed by atoms with Crippen LogP contribution in [-0.4, -0.2) is 52.8 Å². The molecule has 0 aliphatic carbocycles. The zero-order valence-corrected chi connectivity index (χ0v) is 11.3. The van der Waals surface area contributed by atoms with E-state index in [0.29, 0.717) is 13.1 Å². The highest BCUT2D eigenvalue weighted by atomic mass is 16.6. The van der Waals surface area contributed by atoms with Gasteiger partial charge in [-0.1, -0.05) is 5.16 Å². The number of hydrogen-bond donors (Lipinski definition) is 3. The summed E-state index contributed by atoms with van der Waals surface area (Å²) in [6.45, 7) is 8.63. The molecule has 1 amide bonds. The molecule has 7 heteroatoms. The summed E-state index contributed by atoms with van der Waals surface area (Å²) >= 11 is 0. The molecule has 0 aromatic heterocycles. The Bertz CT molecular complexity index is 332. The largest absolute Gasteiger partial charge is 0.444 e. The second kappa shape index (κ2) is 5.43. The van der Waals surface area contributed by atoms with Crippen molar-refractivity contribution < 1.29 is 14.7 Å². The summed E-state index contributed by atoms with van der Waals surface area (Å²) in [4.78, 5) is 13.5. The van der Waals surface area contributed by atoms with Crippen LogP contribution in [0, 0.1) is 0 Å². The van der Waals surface area contributed by atoms with Crippen LogP contribution in [0.4, 0.5) is 4.79 Å². The van der Waals surface area contributed by atoms with Crippen LogP contribution in [0.1, 0.15) is 27.7 Å². The Labute approximate surface area is 107 Å². The molecule has 1 aliphatic rings. The third kappa shape index (κ3) is 4.06. The Hall–Kier alpha value is -1.50. The smallest absolute Gasteiger partial charge is 0.407 e. The molecule has 0 aromatic rings. The van der Waals surface area contributed by atoms with Crippen molar-refractivity contribution in [2.45, 2.75) is 45.4 Å². The zero-order valence-electron chi connectivity index (χ0n) is 11.3. The van der Waals surface area contributed by atoms with Crippen LogP contribution in [0.3, 0.4) is 0 Å². The van der Waals surface area contributed by atoms with Crippen molar-refractivity contribution in [2.24, 2.45) is 10.9 Å². The minimum absolute atomic E-state index is 0.0498. The fraction of sp³-hybridized carbons (Fsp3) is 0.818. The molecule has 104 valence electrons. The van der Waals surface area contributed by atoms with Crippen molar-refractivity contribution in [3.8, 4) is 0 Å². The Morgan fingerprint density at radius 2 is 2.11 bits per heavy atom. The second-order valence-electron chi connectivity index (χ2n) is 5.50. The molecule has 1 fully saturated rings. The average Bonchev–Trinajstić information content (AvgIpc) is 2.18. The van der Waals surface area contributed by atoms with Gasteiger partial charge in [-0.15, -0.1) is 0 Å². The van der Waals surface area contributed by atoms with E-state index in [4.69, 9.17) is 15.7 Å². The number of amidine groups is 1. The summed E-state index contributed by atoms with van der Waals surface area (Å²) < 4.78 is 5.15. The SMILES string of the molecule is C[C@H](C(N)=NO)N1CC(NC(=O)OC(C)(C)C)C1. The number of hydrogen-bond acceptors (Lipinski definition) is 5. The molecule has 0 unspecified atom stereocenters. The quantitative estimate of drug-likeness (QED) is 0.293. The van der Waals surface area contributed by atoms with Crippen LogP contribution in [0.2, 0.25) is 0 Å². The highest BCUT2D eigenvalue weighted by Crippen LogP contribution is 2.13. The molecule has 1 aliphatic heterocycles. The van der Waals surface area contributed by atoms with Crippen LogP contribution in [-0.2, 0) is 4.74 Å². The predicted molar refractivity (Wildman–Crippen MR) is 67.6 cm³/mol. The fourth-order valence-corrected chi connectivity index (χ4v) is 1.67. The monoisotopic (exact) mass is 258 g/mol. The first-order valence-electron chi connectivity index (χ1n) is 5.94. The summed E-state index contributed by atoms with van der Waals surface area (Å²) in [6.07, 6.45) is -0.413. The van der Waals surface area contributed by atoms with Gasteiger partial charge >= 0.3 is 6.09 Å². The molecule has 0 saturated carbocycles. The number of nitrogens with two attached hydrogens (primary N) is 1. The van der Waals surface area contributed by atoms with Crippen molar-refractivity contribution >= 4 is 11.9 Å². The molecular formula is C11H22N4O3. The standard InChI is InChI=1S/C11H22N4O3/c1-7(9(12)14-17)15-5-8(6-15)13-10(16)18-11(2,3)4/h7-8,17H,5-6H2,1-4H3,(H2,12,14)(H,13,16)/t7-/m1/s1. The van der Waals surface area contributed by atoms with E-state index in [-0.39, 0.29) is 17.9 Å². The lowest BCUT2D eigenvalue weighted by Crippen LogP contribution is -2.64. The predicted octanol–water partition coefficient (Wildman–Crippen LogP) is 0.330. The molecule has 1 saturated heterocycles. The third-order valence-corrected chi connectivity index (χ3v) is 2.72. The number of oxime groups is 1. The molecule has 0 radical (unpaired) electrons. The highest BCUT2D eigenvalue weighted by Gasteiger charge is 2.33. The van der Waals surface area contributed by atoms with E-state index in [2.05, 4.69) is 10.5 Å². The summed E-state index contributed by atoms with van der Waals surface area (Å²) in [5.41, 5.74) is 5.01. The van der Waals surface area contributed by atoms with Gasteiger partial charge in [-0.3, -0.25) is 4.90 Å². The Morgan fingerprint density at radius 3 is 2.56 bits per heavy atom. The molecule has 0 aromatic carbocycles. The summed E-state index contributed by atoms with van der Waals surface area (Å²) in [7, 11) is 0. The Balaban J connectivity index is 2.29. The molecule has 0 spiro atoms. The maximum atomic E-state index is 11.5. The Morgan fingerprint density at radius 1 is 1.56 bits per heavy atom. The van der Waals surface area contributed by atoms with Crippen molar-refractivity contribution in [2.75, 3.05) is 13.1 Å². The zero-order chi connectivity index (χ0) is 13.9. The second-order valence-corrected chi connectivity index (χ2v) is 5.50. The first kappa shape index (κ1) is 14.6. The van der Waals surface area contributed by atoms with Gasteiger partial charge in [0.15, 0.2) is 5.84 Å². The minimum Gasteiger partial charge on any atom is -0.444 e. The third-order valence-electron chi connectivity index (χ3n) is 2.72. The van der Waals surface area contributed by atoms with Gasteiger partial charge in [-0.2, -0.15) is 0 Å². The molecule has 0 bridgehead atoms. The van der Waals surface area contributed by atoms with Crippen molar-refractivity contribution in [3.63, 3.8) is 0 Å². The number of carbonyl (C=O) groups is 1. The van der Waals surface area contributed by atoms with E-state index >= 15 is 0 Å². The lowest BCUT2D eigenvalue weighted by atomic mass is 10.1. The van der Waals surface area contributed by atoms with E-state index in [1.165, 1.54) is 0 Å². The van der Waals surface area contributed by atoms with Gasteiger partial charge < -0.3 is 21.0 Å². The maximum absolute atomic E-state index is 11.5. The normalized spacial score (nSPS) is 20.1. The maximum Gasteiger partial charge on any atom is 0.407 e.